The van der Waals surface area contributed by atoms with Gasteiger partial charge in [0.1, 0.15) is 6.04 Å². The quantitative estimate of drug-likeness (QED) is 0.687. The van der Waals surface area contributed by atoms with E-state index in [1.54, 1.807) is 0 Å². The van der Waals surface area contributed by atoms with Gasteiger partial charge in [-0.1, -0.05) is 6.07 Å². The highest BCUT2D eigenvalue weighted by atomic mass is 32.1. The number of rotatable bonds is 6. The number of nitrogens with one attached hydrogen (secondary N) is 2. The van der Waals surface area contributed by atoms with Crippen LogP contribution in [0, 0.1) is 0 Å². The molecule has 0 aliphatic carbocycles. The Bertz CT molecular complexity index is 365. The second-order valence-corrected chi connectivity index (χ2v) is 4.47. The maximum absolute atomic E-state index is 11.6. The van der Waals surface area contributed by atoms with E-state index in [0.29, 0.717) is 13.1 Å². The van der Waals surface area contributed by atoms with Gasteiger partial charge in [0.05, 0.1) is 0 Å². The van der Waals surface area contributed by atoms with E-state index in [-0.39, 0.29) is 18.2 Å². The molecule has 94 valence electrons. The summed E-state index contributed by atoms with van der Waals surface area (Å²) in [6.07, 6.45) is 0.275. The van der Waals surface area contributed by atoms with E-state index >= 15 is 0 Å². The molecule has 17 heavy (non-hydrogen) atoms. The van der Waals surface area contributed by atoms with Crippen molar-refractivity contribution in [3.05, 3.63) is 22.4 Å². The zero-order valence-electron chi connectivity index (χ0n) is 9.73. The van der Waals surface area contributed by atoms with Crippen molar-refractivity contribution in [2.24, 2.45) is 5.73 Å². The topological polar surface area (TPSA) is 84.2 Å². The van der Waals surface area contributed by atoms with Crippen molar-refractivity contribution < 1.29 is 9.59 Å². The fourth-order valence-electron chi connectivity index (χ4n) is 1.29. The van der Waals surface area contributed by atoms with E-state index in [2.05, 4.69) is 10.6 Å². The summed E-state index contributed by atoms with van der Waals surface area (Å²) < 4.78 is 0. The lowest BCUT2D eigenvalue weighted by atomic mass is 10.2. The maximum Gasteiger partial charge on any atom is 0.242 e. The Labute approximate surface area is 104 Å². The summed E-state index contributed by atoms with van der Waals surface area (Å²) in [6, 6.07) is 3.02. The third-order valence-corrected chi connectivity index (χ3v) is 3.11. The third kappa shape index (κ3) is 4.54. The van der Waals surface area contributed by atoms with Crippen LogP contribution in [0.15, 0.2) is 17.5 Å². The number of carbonyl (C=O) groups is 2. The highest BCUT2D eigenvalue weighted by Crippen LogP contribution is 2.16. The normalized spacial score (nSPS) is 11.9. The van der Waals surface area contributed by atoms with Crippen LogP contribution in [0.3, 0.4) is 0 Å². The molecule has 0 saturated carbocycles. The zero-order chi connectivity index (χ0) is 12.7. The number of carbonyl (C=O) groups excluding carboxylic acids is 2. The van der Waals surface area contributed by atoms with Gasteiger partial charge in [-0.05, 0) is 18.4 Å². The van der Waals surface area contributed by atoms with Gasteiger partial charge in [-0.15, -0.1) is 11.3 Å². The number of amides is 2. The molecule has 1 atom stereocenters. The van der Waals surface area contributed by atoms with Crippen LogP contribution in [0.5, 0.6) is 0 Å². The van der Waals surface area contributed by atoms with Crippen molar-refractivity contribution in [2.45, 2.75) is 19.4 Å². The first-order valence-electron chi connectivity index (χ1n) is 5.48. The van der Waals surface area contributed by atoms with Crippen molar-refractivity contribution in [2.75, 3.05) is 13.1 Å². The van der Waals surface area contributed by atoms with E-state index in [1.807, 2.05) is 24.4 Å². The van der Waals surface area contributed by atoms with Gasteiger partial charge in [-0.2, -0.15) is 0 Å². The van der Waals surface area contributed by atoms with E-state index < -0.39 is 6.04 Å². The van der Waals surface area contributed by atoms with E-state index in [0.717, 1.165) is 4.88 Å². The third-order valence-electron chi connectivity index (χ3n) is 2.16. The summed E-state index contributed by atoms with van der Waals surface area (Å²) in [5.41, 5.74) is 5.76. The van der Waals surface area contributed by atoms with Gasteiger partial charge in [0.2, 0.25) is 11.8 Å². The predicted octanol–water partition coefficient (Wildman–Crippen LogP) is 0.390. The Morgan fingerprint density at radius 3 is 2.82 bits per heavy atom. The molecular formula is C11H17N3O2S. The van der Waals surface area contributed by atoms with E-state index in [4.69, 9.17) is 5.73 Å². The molecular weight excluding hydrogens is 238 g/mol. The van der Waals surface area contributed by atoms with Gasteiger partial charge in [-0.25, -0.2) is 0 Å². The predicted molar refractivity (Wildman–Crippen MR) is 67.6 cm³/mol. The molecule has 0 aliphatic rings. The van der Waals surface area contributed by atoms with Crippen LogP contribution < -0.4 is 16.4 Å². The van der Waals surface area contributed by atoms with Crippen LogP contribution in [0.1, 0.15) is 24.3 Å². The molecule has 1 rings (SSSR count). The number of nitrogens with two attached hydrogens (primary N) is 1. The fraction of sp³-hybridized carbons (Fsp3) is 0.455. The van der Waals surface area contributed by atoms with Gasteiger partial charge in [-0.3, -0.25) is 9.59 Å². The molecule has 6 heteroatoms. The summed E-state index contributed by atoms with van der Waals surface area (Å²) in [4.78, 5) is 23.6. The van der Waals surface area contributed by atoms with Crippen molar-refractivity contribution in [1.29, 1.82) is 0 Å². The maximum atomic E-state index is 11.6. The van der Waals surface area contributed by atoms with Crippen molar-refractivity contribution in [3.8, 4) is 0 Å². The first-order chi connectivity index (χ1) is 8.15. The highest BCUT2D eigenvalue weighted by Gasteiger charge is 2.16. The van der Waals surface area contributed by atoms with Crippen molar-refractivity contribution in [1.82, 2.24) is 10.6 Å². The first kappa shape index (κ1) is 13.7. The summed E-state index contributed by atoms with van der Waals surface area (Å²) in [6.45, 7) is 2.76. The van der Waals surface area contributed by atoms with Crippen LogP contribution in [0.4, 0.5) is 0 Å². The molecule has 0 saturated heterocycles. The highest BCUT2D eigenvalue weighted by molar-refractivity contribution is 7.10. The molecule has 1 aromatic rings. The Kier molecular flexibility index (Phi) is 5.65. The lowest BCUT2D eigenvalue weighted by molar-refractivity contribution is -0.123. The fourth-order valence-corrected chi connectivity index (χ4v) is 2.02. The average Bonchev–Trinajstić information content (AvgIpc) is 2.81. The van der Waals surface area contributed by atoms with E-state index in [1.165, 1.54) is 11.3 Å². The molecule has 1 heterocycles. The van der Waals surface area contributed by atoms with Gasteiger partial charge in [0, 0.05) is 24.4 Å². The molecule has 0 radical (unpaired) electrons. The molecule has 0 aromatic carbocycles. The van der Waals surface area contributed by atoms with E-state index in [9.17, 15) is 9.59 Å². The molecule has 2 amide bonds. The SMILES string of the molecule is CCNC(=O)CCNC(=O)C(N)c1cccs1. The first-order valence-corrected chi connectivity index (χ1v) is 6.36. The molecule has 4 N–H and O–H groups in total. The number of hydrogen-bond donors (Lipinski definition) is 3. The molecule has 0 bridgehead atoms. The van der Waals surface area contributed by atoms with Crippen LogP contribution in [-0.4, -0.2) is 24.9 Å². The minimum absolute atomic E-state index is 0.0718. The molecule has 0 fully saturated rings. The summed E-state index contributed by atoms with van der Waals surface area (Å²) in [7, 11) is 0. The van der Waals surface area contributed by atoms with Crippen LogP contribution in [-0.2, 0) is 9.59 Å². The second kappa shape index (κ2) is 7.03. The number of thiophene rings is 1. The smallest absolute Gasteiger partial charge is 0.242 e. The van der Waals surface area contributed by atoms with Crippen LogP contribution in [0.25, 0.3) is 0 Å². The lowest BCUT2D eigenvalue weighted by Gasteiger charge is -2.10. The van der Waals surface area contributed by atoms with Gasteiger partial charge in [0.25, 0.3) is 0 Å². The average molecular weight is 255 g/mol. The summed E-state index contributed by atoms with van der Waals surface area (Å²) >= 11 is 1.44. The second-order valence-electron chi connectivity index (χ2n) is 3.49. The minimum Gasteiger partial charge on any atom is -0.356 e. The standard InChI is InChI=1S/C11H17N3O2S/c1-2-13-9(15)5-6-14-11(16)10(12)8-4-3-7-17-8/h3-4,7,10H,2,5-6,12H2,1H3,(H,13,15)(H,14,16). The Hall–Kier alpha value is -1.40. The Morgan fingerprint density at radius 1 is 1.47 bits per heavy atom. The number of hydrogen-bond acceptors (Lipinski definition) is 4. The van der Waals surface area contributed by atoms with Gasteiger partial charge < -0.3 is 16.4 Å². The lowest BCUT2D eigenvalue weighted by Crippen LogP contribution is -2.36. The molecule has 1 unspecified atom stereocenters. The summed E-state index contributed by atoms with van der Waals surface area (Å²) in [5, 5.41) is 7.17. The van der Waals surface area contributed by atoms with Crippen molar-refractivity contribution in [3.63, 3.8) is 0 Å². The van der Waals surface area contributed by atoms with Crippen molar-refractivity contribution >= 4 is 23.2 Å². The molecule has 1 aromatic heterocycles. The van der Waals surface area contributed by atoms with Crippen LogP contribution in [0.2, 0.25) is 0 Å². The Balaban J connectivity index is 2.28. The monoisotopic (exact) mass is 255 g/mol. The molecule has 5 nitrogen and oxygen atoms in total. The largest absolute Gasteiger partial charge is 0.356 e. The van der Waals surface area contributed by atoms with Gasteiger partial charge >= 0.3 is 0 Å². The molecule has 0 spiro atoms. The van der Waals surface area contributed by atoms with Gasteiger partial charge in [0.15, 0.2) is 0 Å². The minimum atomic E-state index is -0.649. The van der Waals surface area contributed by atoms with Crippen LogP contribution >= 0.6 is 11.3 Å². The molecule has 0 aliphatic heterocycles. The zero-order valence-corrected chi connectivity index (χ0v) is 10.5. The summed E-state index contributed by atoms with van der Waals surface area (Å²) in [5.74, 6) is -0.325. The Morgan fingerprint density at radius 2 is 2.24 bits per heavy atom.